The SMILES string of the molecule is O=C(O)C(O)C([O][SbH2])C(=O)O.[H-].[K+]. The van der Waals surface area contributed by atoms with Gasteiger partial charge in [0.15, 0.2) is 0 Å². The number of aliphatic carboxylic acids is 2. The fourth-order valence-corrected chi connectivity index (χ4v) is 1.15. The van der Waals surface area contributed by atoms with Gasteiger partial charge in [-0.3, -0.25) is 0 Å². The Kier molecular flexibility index (Phi) is 10.1. The summed E-state index contributed by atoms with van der Waals surface area (Å²) in [6.07, 6.45) is -3.66. The summed E-state index contributed by atoms with van der Waals surface area (Å²) in [6.45, 7) is 0. The molecule has 0 aliphatic heterocycles. The quantitative estimate of drug-likeness (QED) is 0.448. The van der Waals surface area contributed by atoms with E-state index >= 15 is 0 Å². The Bertz CT molecular complexity index is 178. The van der Waals surface area contributed by atoms with E-state index in [4.69, 9.17) is 15.3 Å². The van der Waals surface area contributed by atoms with Gasteiger partial charge in [-0.25, -0.2) is 0 Å². The van der Waals surface area contributed by atoms with Gasteiger partial charge in [0.2, 0.25) is 0 Å². The summed E-state index contributed by atoms with van der Waals surface area (Å²) in [5.41, 5.74) is 0. The van der Waals surface area contributed by atoms with E-state index in [1.165, 1.54) is 0 Å². The smallest absolute Gasteiger partial charge is 1.00 e. The van der Waals surface area contributed by atoms with Crippen molar-refractivity contribution in [3.05, 3.63) is 0 Å². The Balaban J connectivity index is -0.000000500. The van der Waals surface area contributed by atoms with Crippen LogP contribution in [0, 0.1) is 0 Å². The minimum atomic E-state index is -2.00. The molecule has 0 aliphatic rings. The Hall–Kier alpha value is 1.31. The van der Waals surface area contributed by atoms with E-state index in [-0.39, 0.29) is 76.3 Å². The van der Waals surface area contributed by atoms with Crippen molar-refractivity contribution in [2.24, 2.45) is 0 Å². The summed E-state index contributed by atoms with van der Waals surface area (Å²) in [7, 11) is 0. The maximum absolute atomic E-state index is 10.1. The molecule has 0 fully saturated rings. The topological polar surface area (TPSA) is 104 Å². The normalized spacial score (nSPS) is 14.2. The molecule has 0 spiro atoms. The van der Waals surface area contributed by atoms with Crippen LogP contribution in [0.5, 0.6) is 0 Å². The van der Waals surface area contributed by atoms with Crippen LogP contribution in [-0.4, -0.2) is 62.9 Å². The van der Waals surface area contributed by atoms with Crippen molar-refractivity contribution >= 4 is 35.4 Å². The van der Waals surface area contributed by atoms with Crippen molar-refractivity contribution in [3.8, 4) is 0 Å². The van der Waals surface area contributed by atoms with Crippen molar-refractivity contribution < 1.29 is 80.7 Å². The molecule has 2 atom stereocenters. The van der Waals surface area contributed by atoms with Gasteiger partial charge in [0.25, 0.3) is 0 Å². The van der Waals surface area contributed by atoms with Gasteiger partial charge in [-0.1, -0.05) is 0 Å². The first-order valence-corrected chi connectivity index (χ1v) is 3.84. The van der Waals surface area contributed by atoms with Gasteiger partial charge < -0.3 is 1.43 Å². The van der Waals surface area contributed by atoms with Crippen molar-refractivity contribution in [2.45, 2.75) is 12.2 Å². The van der Waals surface area contributed by atoms with Crippen LogP contribution in [0.15, 0.2) is 0 Å². The number of hydrogen-bond donors (Lipinski definition) is 3. The van der Waals surface area contributed by atoms with Gasteiger partial charge in [-0.15, -0.1) is 0 Å². The molecule has 2 unspecified atom stereocenters. The van der Waals surface area contributed by atoms with E-state index in [9.17, 15) is 9.59 Å². The predicted molar refractivity (Wildman–Crippen MR) is 35.8 cm³/mol. The first-order chi connectivity index (χ1) is 5.00. The fraction of sp³-hybridized carbons (Fsp3) is 0.500. The second-order valence-corrected chi connectivity index (χ2v) is 2.45. The third-order valence-electron chi connectivity index (χ3n) is 0.930. The first-order valence-electron chi connectivity index (χ1n) is 2.50. The van der Waals surface area contributed by atoms with E-state index in [2.05, 4.69) is 3.02 Å². The summed E-state index contributed by atoms with van der Waals surface area (Å²) >= 11 is 0.120. The number of aliphatic hydroxyl groups is 1. The Morgan fingerprint density at radius 1 is 1.33 bits per heavy atom. The zero-order valence-corrected chi connectivity index (χ0v) is 12.7. The van der Waals surface area contributed by atoms with E-state index in [1.54, 1.807) is 0 Å². The monoisotopic (exact) mass is 312 g/mol. The van der Waals surface area contributed by atoms with Crippen LogP contribution in [0.1, 0.15) is 1.43 Å². The fourth-order valence-electron chi connectivity index (χ4n) is 0.397. The zero-order chi connectivity index (χ0) is 9.02. The van der Waals surface area contributed by atoms with Gasteiger partial charge >= 0.3 is 127 Å². The molecule has 3 N–H and O–H groups in total. The number of carboxylic acids is 2. The Morgan fingerprint density at radius 3 is 1.83 bits per heavy atom. The number of rotatable bonds is 4. The minimum absolute atomic E-state index is 0. The molecular weight excluding hydrogens is 305 g/mol. The zero-order valence-electron chi connectivity index (χ0n) is 7.30. The molecule has 66 valence electrons. The Labute approximate surface area is 126 Å². The largest absolute Gasteiger partial charge is 1.00 e. The van der Waals surface area contributed by atoms with Gasteiger partial charge in [-0.2, -0.15) is 0 Å². The van der Waals surface area contributed by atoms with Crippen LogP contribution < -0.4 is 51.4 Å². The van der Waals surface area contributed by atoms with Crippen LogP contribution in [0.4, 0.5) is 0 Å². The maximum Gasteiger partial charge on any atom is 1.00 e. The molecule has 0 saturated carbocycles. The molecule has 0 bridgehead atoms. The Morgan fingerprint density at radius 2 is 1.75 bits per heavy atom. The van der Waals surface area contributed by atoms with Crippen molar-refractivity contribution in [3.63, 3.8) is 0 Å². The molecule has 0 aliphatic carbocycles. The predicted octanol–water partition coefficient (Wildman–Crippen LogP) is -5.43. The number of hydrogen-bond acceptors (Lipinski definition) is 4. The van der Waals surface area contributed by atoms with Crippen LogP contribution in [0.3, 0.4) is 0 Å². The van der Waals surface area contributed by atoms with Gasteiger partial charge in [0.05, 0.1) is 0 Å². The van der Waals surface area contributed by atoms with Crippen LogP contribution in [0.25, 0.3) is 0 Å². The molecule has 0 aromatic heterocycles. The summed E-state index contributed by atoms with van der Waals surface area (Å²) < 4.78 is 4.33. The summed E-state index contributed by atoms with van der Waals surface area (Å²) in [5.74, 6) is -3.08. The van der Waals surface area contributed by atoms with E-state index in [0.717, 1.165) is 0 Å². The van der Waals surface area contributed by atoms with Crippen LogP contribution in [-0.2, 0) is 12.6 Å². The van der Waals surface area contributed by atoms with Gasteiger partial charge in [0.1, 0.15) is 0 Å². The first kappa shape index (κ1) is 15.8. The molecule has 0 radical (unpaired) electrons. The number of aliphatic hydroxyl groups excluding tert-OH is 1. The average Bonchev–Trinajstić information content (AvgIpc) is 1.88. The van der Waals surface area contributed by atoms with Crippen LogP contribution in [0.2, 0.25) is 0 Å². The van der Waals surface area contributed by atoms with Gasteiger partial charge in [0, 0.05) is 0 Å². The molecular formula is C4H8KO6Sb. The molecule has 0 saturated heterocycles. The molecule has 0 aromatic carbocycles. The summed E-state index contributed by atoms with van der Waals surface area (Å²) in [4.78, 5) is 20.2. The maximum atomic E-state index is 10.1. The third kappa shape index (κ3) is 5.13. The average molecular weight is 313 g/mol. The minimum Gasteiger partial charge on any atom is -1.00 e. The second kappa shape index (κ2) is 7.69. The van der Waals surface area contributed by atoms with Gasteiger partial charge in [-0.05, 0) is 0 Å². The van der Waals surface area contributed by atoms with E-state index in [0.29, 0.717) is 0 Å². The molecule has 0 amide bonds. The van der Waals surface area contributed by atoms with E-state index in [1.807, 2.05) is 0 Å². The summed E-state index contributed by atoms with van der Waals surface area (Å²) in [5, 5.41) is 25.1. The van der Waals surface area contributed by atoms with Crippen LogP contribution >= 0.6 is 0 Å². The summed E-state index contributed by atoms with van der Waals surface area (Å²) in [6, 6.07) is 0. The van der Waals surface area contributed by atoms with Crippen molar-refractivity contribution in [2.75, 3.05) is 0 Å². The molecule has 12 heavy (non-hydrogen) atoms. The number of carboxylic acid groups (broad SMARTS) is 2. The van der Waals surface area contributed by atoms with Crippen molar-refractivity contribution in [1.82, 2.24) is 0 Å². The van der Waals surface area contributed by atoms with Crippen molar-refractivity contribution in [1.29, 1.82) is 0 Å². The molecule has 0 rings (SSSR count). The third-order valence-corrected chi connectivity index (χ3v) is 1.77. The standard InChI is InChI=1S/C4H5O6.K.Sb.3H/c5-1(3(7)8)2(6)4(9)10;;;;;/h1-2,5H,(H,7,8)(H,9,10);;;;;/q-1;2*+1;;;-1. The van der Waals surface area contributed by atoms with E-state index < -0.39 is 24.1 Å². The molecule has 0 heterocycles. The number of carbonyl (C=O) groups is 2. The second-order valence-electron chi connectivity index (χ2n) is 1.68. The molecule has 8 heteroatoms. The molecule has 0 aromatic rings. The molecule has 6 nitrogen and oxygen atoms in total.